The number of phenolic OH excluding ortho intramolecular Hbond substituents is 1. The van der Waals surface area contributed by atoms with Crippen LogP contribution in [0.15, 0.2) is 24.3 Å². The highest BCUT2D eigenvalue weighted by atomic mass is 16.6. The standard InChI is InChI=1S/C27H33NO4/c1-24(30)8-7-17-22(24)27(31-2)10-9-25(17)19-13-16-5-6-18(29)21-20(16)26(25,23(27)32-21)11-12-28(19)14-15-3-4-15/h5-6,9-10,15,17,19,22-23,29-30H,3-4,7-8,11-14H2,1-2H3/t17-,19?,22-,23-,24+,25+,26-,27+/m1/s1. The third kappa shape index (κ3) is 1.72. The molecule has 4 fully saturated rings. The van der Waals surface area contributed by atoms with E-state index in [4.69, 9.17) is 9.47 Å². The third-order valence-corrected chi connectivity index (χ3v) is 11.0. The van der Waals surface area contributed by atoms with Gasteiger partial charge in [0, 0.05) is 36.6 Å². The Morgan fingerprint density at radius 1 is 1.19 bits per heavy atom. The first-order chi connectivity index (χ1) is 15.4. The van der Waals surface area contributed by atoms with Gasteiger partial charge >= 0.3 is 0 Å². The van der Waals surface area contributed by atoms with Crippen LogP contribution in [0.4, 0.5) is 0 Å². The van der Waals surface area contributed by atoms with Gasteiger partial charge in [-0.3, -0.25) is 4.90 Å². The second kappa shape index (κ2) is 5.39. The van der Waals surface area contributed by atoms with Gasteiger partial charge in [0.15, 0.2) is 11.5 Å². The molecule has 2 aliphatic heterocycles. The first-order valence-corrected chi connectivity index (χ1v) is 12.6. The average molecular weight is 436 g/mol. The van der Waals surface area contributed by atoms with E-state index in [1.165, 1.54) is 30.5 Å². The Bertz CT molecular complexity index is 1080. The van der Waals surface area contributed by atoms with Gasteiger partial charge in [0.2, 0.25) is 0 Å². The number of aliphatic hydroxyl groups is 1. The van der Waals surface area contributed by atoms with E-state index < -0.39 is 11.2 Å². The number of rotatable bonds is 3. The molecule has 0 amide bonds. The smallest absolute Gasteiger partial charge is 0.165 e. The first-order valence-electron chi connectivity index (χ1n) is 12.6. The molecular weight excluding hydrogens is 402 g/mol. The highest BCUT2D eigenvalue weighted by Crippen LogP contribution is 2.79. The van der Waals surface area contributed by atoms with Gasteiger partial charge in [0.25, 0.3) is 0 Å². The number of hydrogen-bond acceptors (Lipinski definition) is 5. The lowest BCUT2D eigenvalue weighted by Gasteiger charge is -2.74. The summed E-state index contributed by atoms with van der Waals surface area (Å²) < 4.78 is 13.2. The molecule has 1 saturated heterocycles. The number of benzene rings is 1. The minimum absolute atomic E-state index is 0.00417. The number of ether oxygens (including phenoxy) is 2. The van der Waals surface area contributed by atoms with Gasteiger partial charge in [-0.15, -0.1) is 0 Å². The fourth-order valence-electron chi connectivity index (χ4n) is 9.97. The van der Waals surface area contributed by atoms with E-state index in [-0.39, 0.29) is 28.6 Å². The maximum absolute atomic E-state index is 11.7. The van der Waals surface area contributed by atoms with E-state index in [9.17, 15) is 10.2 Å². The largest absolute Gasteiger partial charge is 0.504 e. The Morgan fingerprint density at radius 3 is 2.81 bits per heavy atom. The van der Waals surface area contributed by atoms with E-state index in [0.29, 0.717) is 17.7 Å². The highest BCUT2D eigenvalue weighted by molar-refractivity contribution is 5.65. The maximum Gasteiger partial charge on any atom is 0.165 e. The lowest BCUT2D eigenvalue weighted by atomic mass is 9.34. The van der Waals surface area contributed by atoms with Crippen molar-refractivity contribution in [2.24, 2.45) is 23.2 Å². The lowest BCUT2D eigenvalue weighted by Crippen LogP contribution is -2.82. The Balaban J connectivity index is 1.45. The van der Waals surface area contributed by atoms with Crippen LogP contribution >= 0.6 is 0 Å². The van der Waals surface area contributed by atoms with Crippen LogP contribution in [0.3, 0.4) is 0 Å². The second-order valence-corrected chi connectivity index (χ2v) is 12.1. The predicted molar refractivity (Wildman–Crippen MR) is 119 cm³/mol. The summed E-state index contributed by atoms with van der Waals surface area (Å²) in [5.74, 6) is 2.16. The molecule has 8 aliphatic rings. The quantitative estimate of drug-likeness (QED) is 0.715. The van der Waals surface area contributed by atoms with Gasteiger partial charge in [-0.05, 0) is 75.5 Å². The maximum atomic E-state index is 11.7. The molecule has 2 spiro atoms. The zero-order valence-corrected chi connectivity index (χ0v) is 19.0. The molecule has 5 heteroatoms. The van der Waals surface area contributed by atoms with Gasteiger partial charge in [0.05, 0.1) is 11.0 Å². The minimum atomic E-state index is -0.782. The SMILES string of the molecule is CO[C@]12C=C[C@@]3(C4Cc5ccc(O)c6c5[C@]3(CCN4CC3CC3)[C@H]1O6)[C@@H]1CC[C@](C)(O)[C@@H]12. The summed E-state index contributed by atoms with van der Waals surface area (Å²) in [4.78, 5) is 2.80. The van der Waals surface area contributed by atoms with E-state index >= 15 is 0 Å². The summed E-state index contributed by atoms with van der Waals surface area (Å²) in [6.07, 6.45) is 11.2. The summed E-state index contributed by atoms with van der Waals surface area (Å²) in [5, 5.41) is 22.6. The second-order valence-electron chi connectivity index (χ2n) is 12.1. The molecule has 2 heterocycles. The summed E-state index contributed by atoms with van der Waals surface area (Å²) in [5.41, 5.74) is 0.894. The van der Waals surface area contributed by atoms with Gasteiger partial charge in [-0.1, -0.05) is 18.2 Å². The van der Waals surface area contributed by atoms with Crippen LogP contribution in [-0.2, 0) is 16.6 Å². The molecule has 32 heavy (non-hydrogen) atoms. The van der Waals surface area contributed by atoms with Crippen molar-refractivity contribution in [1.29, 1.82) is 0 Å². The molecule has 0 aromatic heterocycles. The first kappa shape index (κ1) is 18.8. The Kier molecular flexibility index (Phi) is 3.17. The van der Waals surface area contributed by atoms with Crippen molar-refractivity contribution in [3.8, 4) is 11.5 Å². The third-order valence-electron chi connectivity index (χ3n) is 11.0. The fraction of sp³-hybridized carbons (Fsp3) is 0.704. The van der Waals surface area contributed by atoms with Crippen molar-refractivity contribution in [2.45, 2.75) is 74.2 Å². The van der Waals surface area contributed by atoms with Crippen molar-refractivity contribution in [3.63, 3.8) is 0 Å². The average Bonchev–Trinajstić information content (AvgIpc) is 3.42. The molecule has 2 N–H and O–H groups in total. The molecule has 4 bridgehead atoms. The van der Waals surface area contributed by atoms with Crippen LogP contribution in [-0.4, -0.2) is 58.7 Å². The van der Waals surface area contributed by atoms with E-state index in [1.54, 1.807) is 7.11 Å². The number of hydrogen-bond donors (Lipinski definition) is 2. The molecule has 170 valence electrons. The Hall–Kier alpha value is -1.56. The number of nitrogens with zero attached hydrogens (tertiary/aromatic N) is 1. The monoisotopic (exact) mass is 435 g/mol. The zero-order chi connectivity index (χ0) is 21.7. The van der Waals surface area contributed by atoms with Gasteiger partial charge < -0.3 is 19.7 Å². The normalized spacial score (nSPS) is 51.5. The molecule has 3 saturated carbocycles. The molecule has 1 aromatic rings. The molecule has 6 aliphatic carbocycles. The van der Waals surface area contributed by atoms with E-state index in [1.807, 2.05) is 13.0 Å². The fourth-order valence-corrected chi connectivity index (χ4v) is 9.97. The number of aromatic hydroxyl groups is 1. The van der Waals surface area contributed by atoms with Crippen LogP contribution in [0.5, 0.6) is 11.5 Å². The summed E-state index contributed by atoms with van der Waals surface area (Å²) >= 11 is 0. The van der Waals surface area contributed by atoms with Gasteiger partial charge in [-0.2, -0.15) is 0 Å². The molecule has 5 nitrogen and oxygen atoms in total. The van der Waals surface area contributed by atoms with E-state index in [0.717, 1.165) is 38.1 Å². The van der Waals surface area contributed by atoms with Crippen LogP contribution in [0.1, 0.15) is 50.2 Å². The van der Waals surface area contributed by atoms with Gasteiger partial charge in [-0.25, -0.2) is 0 Å². The lowest BCUT2D eigenvalue weighted by molar-refractivity contribution is -0.259. The van der Waals surface area contributed by atoms with Crippen LogP contribution in [0.25, 0.3) is 0 Å². The predicted octanol–water partition coefficient (Wildman–Crippen LogP) is 3.16. The van der Waals surface area contributed by atoms with Crippen molar-refractivity contribution in [2.75, 3.05) is 20.2 Å². The molecule has 1 aromatic carbocycles. The number of likely N-dealkylation sites (tertiary alicyclic amines) is 1. The zero-order valence-electron chi connectivity index (χ0n) is 19.0. The van der Waals surface area contributed by atoms with Crippen molar-refractivity contribution in [3.05, 3.63) is 35.4 Å². The van der Waals surface area contributed by atoms with Crippen LogP contribution in [0.2, 0.25) is 0 Å². The Labute approximate surface area is 189 Å². The van der Waals surface area contributed by atoms with Crippen molar-refractivity contribution < 1.29 is 19.7 Å². The molecule has 9 rings (SSSR count). The Morgan fingerprint density at radius 2 is 2.03 bits per heavy atom. The van der Waals surface area contributed by atoms with Crippen molar-refractivity contribution in [1.82, 2.24) is 4.90 Å². The molecule has 0 radical (unpaired) electrons. The number of phenols is 1. The van der Waals surface area contributed by atoms with Crippen molar-refractivity contribution >= 4 is 0 Å². The summed E-state index contributed by atoms with van der Waals surface area (Å²) in [7, 11) is 1.79. The van der Waals surface area contributed by atoms with Gasteiger partial charge in [0.1, 0.15) is 11.7 Å². The summed E-state index contributed by atoms with van der Waals surface area (Å²) in [6, 6.07) is 4.39. The number of methoxy groups -OCH3 is 1. The van der Waals surface area contributed by atoms with E-state index in [2.05, 4.69) is 23.1 Å². The highest BCUT2D eigenvalue weighted by Gasteiger charge is 2.84. The summed E-state index contributed by atoms with van der Waals surface area (Å²) in [6.45, 7) is 4.30. The molecular formula is C27H33NO4. The molecule has 8 atom stereocenters. The van der Waals surface area contributed by atoms with Crippen LogP contribution < -0.4 is 4.74 Å². The topological polar surface area (TPSA) is 62.2 Å². The minimum Gasteiger partial charge on any atom is -0.504 e. The number of piperidine rings is 1. The molecule has 1 unspecified atom stereocenters. The van der Waals surface area contributed by atoms with Crippen LogP contribution in [0, 0.1) is 23.2 Å².